The van der Waals surface area contributed by atoms with E-state index in [1.54, 1.807) is 0 Å². The van der Waals surface area contributed by atoms with Crippen molar-refractivity contribution in [3.8, 4) is 0 Å². The van der Waals surface area contributed by atoms with Gasteiger partial charge in [0.1, 0.15) is 12.7 Å². The van der Waals surface area contributed by atoms with Crippen LogP contribution in [0.3, 0.4) is 0 Å². The third kappa shape index (κ3) is 7.85. The zero-order valence-electron chi connectivity index (χ0n) is 16.2. The minimum Gasteiger partial charge on any atom is -0.390 e. The van der Waals surface area contributed by atoms with E-state index >= 15 is 0 Å². The SMILES string of the molecule is CCCCC/C=C/CCCCCCCC1NC=C[N+]1(CC)CCO. The summed E-state index contributed by atoms with van der Waals surface area (Å²) in [6.45, 7) is 6.63. The van der Waals surface area contributed by atoms with Crippen LogP contribution < -0.4 is 5.32 Å². The lowest BCUT2D eigenvalue weighted by Gasteiger charge is -2.36. The summed E-state index contributed by atoms with van der Waals surface area (Å²) in [5, 5.41) is 12.8. The summed E-state index contributed by atoms with van der Waals surface area (Å²) in [6, 6.07) is 0. The van der Waals surface area contributed by atoms with Crippen LogP contribution in [0.25, 0.3) is 0 Å². The average Bonchev–Trinajstić information content (AvgIpc) is 2.99. The van der Waals surface area contributed by atoms with Gasteiger partial charge in [-0.15, -0.1) is 0 Å². The average molecular weight is 338 g/mol. The number of allylic oxidation sites excluding steroid dienone is 2. The lowest BCUT2D eigenvalue weighted by molar-refractivity contribution is -0.900. The molecule has 140 valence electrons. The Bertz CT molecular complexity index is 354. The Morgan fingerprint density at radius 3 is 2.29 bits per heavy atom. The maximum atomic E-state index is 9.33. The molecule has 0 amide bonds. The van der Waals surface area contributed by atoms with Gasteiger partial charge < -0.3 is 10.4 Å². The van der Waals surface area contributed by atoms with Crippen LogP contribution in [0.4, 0.5) is 0 Å². The summed E-state index contributed by atoms with van der Waals surface area (Å²) < 4.78 is 0.902. The molecule has 24 heavy (non-hydrogen) atoms. The number of aliphatic hydroxyl groups is 1. The Kier molecular flexibility index (Phi) is 11.9. The minimum absolute atomic E-state index is 0.266. The van der Waals surface area contributed by atoms with Crippen molar-refractivity contribution in [1.29, 1.82) is 0 Å². The van der Waals surface area contributed by atoms with Crippen molar-refractivity contribution in [2.45, 2.75) is 90.6 Å². The van der Waals surface area contributed by atoms with Gasteiger partial charge in [-0.1, -0.05) is 51.2 Å². The molecule has 0 bridgehead atoms. The zero-order valence-corrected chi connectivity index (χ0v) is 16.2. The molecule has 3 heteroatoms. The highest BCUT2D eigenvalue weighted by Gasteiger charge is 2.35. The molecule has 0 saturated heterocycles. The number of nitrogens with one attached hydrogen (secondary N) is 1. The predicted molar refractivity (Wildman–Crippen MR) is 104 cm³/mol. The second-order valence-electron chi connectivity index (χ2n) is 7.18. The largest absolute Gasteiger partial charge is 0.390 e. The molecule has 0 saturated carbocycles. The van der Waals surface area contributed by atoms with Gasteiger partial charge in [-0.05, 0) is 39.0 Å². The van der Waals surface area contributed by atoms with E-state index in [-0.39, 0.29) is 6.61 Å². The van der Waals surface area contributed by atoms with E-state index in [1.165, 1.54) is 70.6 Å². The smallest absolute Gasteiger partial charge is 0.166 e. The van der Waals surface area contributed by atoms with Gasteiger partial charge in [0.25, 0.3) is 0 Å². The normalized spacial score (nSPS) is 23.2. The molecular weight excluding hydrogens is 296 g/mol. The first-order valence-corrected chi connectivity index (χ1v) is 10.3. The zero-order chi connectivity index (χ0) is 17.5. The third-order valence-electron chi connectivity index (χ3n) is 5.38. The second kappa shape index (κ2) is 13.5. The van der Waals surface area contributed by atoms with Crippen molar-refractivity contribution >= 4 is 0 Å². The fourth-order valence-electron chi connectivity index (χ4n) is 3.67. The summed E-state index contributed by atoms with van der Waals surface area (Å²) in [5.41, 5.74) is 0. The number of unbranched alkanes of at least 4 members (excludes halogenated alkanes) is 8. The van der Waals surface area contributed by atoms with Crippen molar-refractivity contribution in [2.75, 3.05) is 19.7 Å². The van der Waals surface area contributed by atoms with Crippen LogP contribution >= 0.6 is 0 Å². The number of hydrogen-bond acceptors (Lipinski definition) is 2. The molecule has 2 unspecified atom stereocenters. The lowest BCUT2D eigenvalue weighted by atomic mass is 10.1. The molecule has 0 fully saturated rings. The maximum Gasteiger partial charge on any atom is 0.166 e. The molecule has 0 aromatic carbocycles. The number of quaternary nitrogens is 1. The molecule has 3 nitrogen and oxygen atoms in total. The fourth-order valence-corrected chi connectivity index (χ4v) is 3.67. The Morgan fingerprint density at radius 1 is 0.958 bits per heavy atom. The predicted octanol–water partition coefficient (Wildman–Crippen LogP) is 5.08. The summed E-state index contributed by atoms with van der Waals surface area (Å²) in [4.78, 5) is 0. The molecule has 0 radical (unpaired) electrons. The molecule has 1 aliphatic heterocycles. The van der Waals surface area contributed by atoms with E-state index in [9.17, 15) is 5.11 Å². The molecule has 0 aromatic rings. The third-order valence-corrected chi connectivity index (χ3v) is 5.38. The summed E-state index contributed by atoms with van der Waals surface area (Å²) in [5.74, 6) is 0. The van der Waals surface area contributed by atoms with E-state index in [1.807, 2.05) is 0 Å². The molecule has 2 N–H and O–H groups in total. The monoisotopic (exact) mass is 337 g/mol. The first kappa shape index (κ1) is 21.2. The van der Waals surface area contributed by atoms with Crippen LogP contribution in [-0.4, -0.2) is 35.5 Å². The number of aliphatic hydroxyl groups excluding tert-OH is 1. The number of nitrogens with zero attached hydrogens (tertiary/aromatic N) is 1. The van der Waals surface area contributed by atoms with Crippen molar-refractivity contribution in [3.05, 3.63) is 24.6 Å². The minimum atomic E-state index is 0.266. The van der Waals surface area contributed by atoms with Crippen LogP contribution in [0.1, 0.15) is 84.5 Å². The van der Waals surface area contributed by atoms with Crippen LogP contribution in [0.15, 0.2) is 24.6 Å². The lowest BCUT2D eigenvalue weighted by Crippen LogP contribution is -2.54. The maximum absolute atomic E-state index is 9.33. The van der Waals surface area contributed by atoms with Gasteiger partial charge in [-0.3, -0.25) is 4.48 Å². The van der Waals surface area contributed by atoms with Crippen molar-refractivity contribution in [3.63, 3.8) is 0 Å². The number of hydrogen-bond donors (Lipinski definition) is 2. The summed E-state index contributed by atoms with van der Waals surface area (Å²) in [7, 11) is 0. The van der Waals surface area contributed by atoms with Gasteiger partial charge in [0, 0.05) is 6.42 Å². The molecule has 1 aliphatic rings. The second-order valence-corrected chi connectivity index (χ2v) is 7.18. The first-order chi connectivity index (χ1) is 11.8. The Labute approximate surface area is 150 Å². The van der Waals surface area contributed by atoms with Crippen LogP contribution in [0.5, 0.6) is 0 Å². The Balaban J connectivity index is 2.00. The molecule has 2 atom stereocenters. The van der Waals surface area contributed by atoms with Gasteiger partial charge in [0.2, 0.25) is 0 Å². The summed E-state index contributed by atoms with van der Waals surface area (Å²) in [6.07, 6.45) is 24.0. The Morgan fingerprint density at radius 2 is 1.62 bits per heavy atom. The van der Waals surface area contributed by atoms with E-state index < -0.39 is 0 Å². The topological polar surface area (TPSA) is 32.3 Å². The Hall–Kier alpha value is -0.800. The molecule has 0 aromatic heterocycles. The van der Waals surface area contributed by atoms with Gasteiger partial charge in [0.15, 0.2) is 6.17 Å². The molecular formula is C21H41N2O+. The van der Waals surface area contributed by atoms with Gasteiger partial charge >= 0.3 is 0 Å². The number of likely N-dealkylation sites (N-methyl/N-ethyl adjacent to an activating group) is 1. The van der Waals surface area contributed by atoms with Gasteiger partial charge in [-0.25, -0.2) is 0 Å². The van der Waals surface area contributed by atoms with Crippen molar-refractivity contribution in [1.82, 2.24) is 5.32 Å². The van der Waals surface area contributed by atoms with Crippen LogP contribution in [0, 0.1) is 0 Å². The van der Waals surface area contributed by atoms with E-state index in [2.05, 4.69) is 43.7 Å². The van der Waals surface area contributed by atoms with Gasteiger partial charge in [-0.2, -0.15) is 0 Å². The molecule has 0 aliphatic carbocycles. The van der Waals surface area contributed by atoms with Crippen molar-refractivity contribution in [2.24, 2.45) is 0 Å². The quantitative estimate of drug-likeness (QED) is 0.248. The van der Waals surface area contributed by atoms with Crippen LogP contribution in [-0.2, 0) is 0 Å². The van der Waals surface area contributed by atoms with Crippen molar-refractivity contribution < 1.29 is 9.59 Å². The standard InChI is InChI=1S/C21H41N2O/c1-3-5-6-7-8-9-10-11-12-13-14-15-16-21-22-17-18-23(21,4-2)19-20-24/h8-9,17-18,21-22,24H,3-7,10-16,19-20H2,1-2H3/q+1/b9-8+. The summed E-state index contributed by atoms with van der Waals surface area (Å²) >= 11 is 0. The first-order valence-electron chi connectivity index (χ1n) is 10.3. The van der Waals surface area contributed by atoms with E-state index in [4.69, 9.17) is 0 Å². The molecule has 1 heterocycles. The fraction of sp³-hybridized carbons (Fsp3) is 0.810. The highest BCUT2D eigenvalue weighted by Crippen LogP contribution is 2.22. The highest BCUT2D eigenvalue weighted by molar-refractivity contribution is 4.84. The van der Waals surface area contributed by atoms with E-state index in [0.29, 0.717) is 6.17 Å². The van der Waals surface area contributed by atoms with E-state index in [0.717, 1.165) is 17.6 Å². The molecule has 0 spiro atoms. The molecule has 1 rings (SSSR count). The van der Waals surface area contributed by atoms with Gasteiger partial charge in [0.05, 0.1) is 19.4 Å². The highest BCUT2D eigenvalue weighted by atomic mass is 16.3. The van der Waals surface area contributed by atoms with Crippen LogP contribution in [0.2, 0.25) is 0 Å². The number of rotatable bonds is 15.